The van der Waals surface area contributed by atoms with E-state index < -0.39 is 0 Å². The van der Waals surface area contributed by atoms with Gasteiger partial charge in [0.25, 0.3) is 0 Å². The molecule has 0 aliphatic rings. The number of hydrogen-bond donors (Lipinski definition) is 0. The Balaban J connectivity index is 2.00. The van der Waals surface area contributed by atoms with Gasteiger partial charge in [-0.15, -0.1) is 0 Å². The number of rotatable bonds is 5. The highest BCUT2D eigenvalue weighted by Gasteiger charge is 2.01. The van der Waals surface area contributed by atoms with E-state index in [4.69, 9.17) is 9.47 Å². The van der Waals surface area contributed by atoms with Crippen molar-refractivity contribution in [3.05, 3.63) is 54.6 Å². The van der Waals surface area contributed by atoms with Crippen molar-refractivity contribution in [2.75, 3.05) is 0 Å². The number of benzene rings is 2. The molecule has 0 saturated heterocycles. The van der Waals surface area contributed by atoms with Crippen molar-refractivity contribution in [1.82, 2.24) is 0 Å². The van der Waals surface area contributed by atoms with Crippen molar-refractivity contribution in [1.29, 1.82) is 0 Å². The average Bonchev–Trinajstić information content (AvgIpc) is 2.42. The summed E-state index contributed by atoms with van der Waals surface area (Å²) in [6.07, 6.45) is 1.24. The van der Waals surface area contributed by atoms with Gasteiger partial charge in [-0.25, -0.2) is 0 Å². The SMILES string of the molecule is CC[C@H](C)Oc1ccc(Oc2ccccc2)cc1. The molecule has 0 N–H and O–H groups in total. The maximum atomic E-state index is 5.71. The van der Waals surface area contributed by atoms with E-state index in [1.807, 2.05) is 54.6 Å². The second-order valence-electron chi connectivity index (χ2n) is 4.22. The second-order valence-corrected chi connectivity index (χ2v) is 4.22. The quantitative estimate of drug-likeness (QED) is 0.759. The van der Waals surface area contributed by atoms with Gasteiger partial charge in [0.15, 0.2) is 0 Å². The van der Waals surface area contributed by atoms with Crippen LogP contribution in [0.4, 0.5) is 0 Å². The highest BCUT2D eigenvalue weighted by atomic mass is 16.5. The highest BCUT2D eigenvalue weighted by Crippen LogP contribution is 2.24. The summed E-state index contributed by atoms with van der Waals surface area (Å²) < 4.78 is 11.4. The Morgan fingerprint density at radius 2 is 1.39 bits per heavy atom. The van der Waals surface area contributed by atoms with Crippen LogP contribution in [0.15, 0.2) is 54.6 Å². The van der Waals surface area contributed by atoms with E-state index in [0.29, 0.717) is 0 Å². The van der Waals surface area contributed by atoms with Crippen LogP contribution in [-0.2, 0) is 0 Å². The molecular weight excluding hydrogens is 224 g/mol. The molecule has 0 radical (unpaired) electrons. The fourth-order valence-electron chi connectivity index (χ4n) is 1.53. The summed E-state index contributed by atoms with van der Waals surface area (Å²) in [6, 6.07) is 17.5. The molecule has 0 aromatic heterocycles. The van der Waals surface area contributed by atoms with E-state index >= 15 is 0 Å². The van der Waals surface area contributed by atoms with Crippen molar-refractivity contribution in [2.24, 2.45) is 0 Å². The highest BCUT2D eigenvalue weighted by molar-refractivity contribution is 5.35. The molecule has 0 aliphatic heterocycles. The largest absolute Gasteiger partial charge is 0.491 e. The van der Waals surface area contributed by atoms with Crippen LogP contribution in [-0.4, -0.2) is 6.10 Å². The van der Waals surface area contributed by atoms with E-state index in [1.54, 1.807) is 0 Å². The van der Waals surface area contributed by atoms with Crippen LogP contribution in [0.3, 0.4) is 0 Å². The molecule has 0 bridgehead atoms. The van der Waals surface area contributed by atoms with Crippen molar-refractivity contribution >= 4 is 0 Å². The number of ether oxygens (including phenoxy) is 2. The second kappa shape index (κ2) is 6.10. The molecule has 18 heavy (non-hydrogen) atoms. The minimum Gasteiger partial charge on any atom is -0.491 e. The Bertz CT molecular complexity index is 462. The van der Waals surface area contributed by atoms with Gasteiger partial charge in [0.1, 0.15) is 17.2 Å². The standard InChI is InChI=1S/C16H18O2/c1-3-13(2)17-15-9-11-16(12-10-15)18-14-7-5-4-6-8-14/h4-13H,3H2,1-2H3/t13-/m0/s1. The maximum Gasteiger partial charge on any atom is 0.127 e. The molecule has 2 heteroatoms. The van der Waals surface area contributed by atoms with Gasteiger partial charge in [0, 0.05) is 0 Å². The summed E-state index contributed by atoms with van der Waals surface area (Å²) in [7, 11) is 0. The van der Waals surface area contributed by atoms with Gasteiger partial charge in [-0.05, 0) is 49.7 Å². The van der Waals surface area contributed by atoms with Gasteiger partial charge in [0.2, 0.25) is 0 Å². The summed E-state index contributed by atoms with van der Waals surface area (Å²) in [5, 5.41) is 0. The lowest BCUT2D eigenvalue weighted by Gasteiger charge is -2.13. The molecule has 0 saturated carbocycles. The topological polar surface area (TPSA) is 18.5 Å². The molecule has 2 nitrogen and oxygen atoms in total. The first-order valence-corrected chi connectivity index (χ1v) is 6.27. The van der Waals surface area contributed by atoms with Crippen molar-refractivity contribution in [3.63, 3.8) is 0 Å². The Morgan fingerprint density at radius 3 is 2.00 bits per heavy atom. The van der Waals surface area contributed by atoms with Gasteiger partial charge < -0.3 is 9.47 Å². The Labute approximate surface area is 108 Å². The van der Waals surface area contributed by atoms with Gasteiger partial charge >= 0.3 is 0 Å². The summed E-state index contributed by atoms with van der Waals surface area (Å²) in [5.74, 6) is 2.54. The van der Waals surface area contributed by atoms with Gasteiger partial charge in [-0.2, -0.15) is 0 Å². The zero-order valence-corrected chi connectivity index (χ0v) is 10.8. The minimum absolute atomic E-state index is 0.242. The number of para-hydroxylation sites is 1. The molecule has 1 atom stereocenters. The van der Waals surface area contributed by atoms with E-state index in [2.05, 4.69) is 13.8 Å². The zero-order valence-electron chi connectivity index (χ0n) is 10.8. The lowest BCUT2D eigenvalue weighted by atomic mass is 10.3. The average molecular weight is 242 g/mol. The predicted octanol–water partition coefficient (Wildman–Crippen LogP) is 4.66. The Morgan fingerprint density at radius 1 is 0.833 bits per heavy atom. The van der Waals surface area contributed by atoms with E-state index in [0.717, 1.165) is 23.7 Å². The Kier molecular flexibility index (Phi) is 4.24. The molecule has 2 aromatic carbocycles. The molecular formula is C16H18O2. The molecule has 94 valence electrons. The van der Waals surface area contributed by atoms with E-state index in [1.165, 1.54) is 0 Å². The van der Waals surface area contributed by atoms with Crippen LogP contribution in [0.25, 0.3) is 0 Å². The first kappa shape index (κ1) is 12.5. The third-order valence-corrected chi connectivity index (χ3v) is 2.71. The van der Waals surface area contributed by atoms with Crippen LogP contribution in [0, 0.1) is 0 Å². The van der Waals surface area contributed by atoms with Crippen LogP contribution < -0.4 is 9.47 Å². The van der Waals surface area contributed by atoms with Crippen molar-refractivity contribution in [3.8, 4) is 17.2 Å². The monoisotopic (exact) mass is 242 g/mol. The van der Waals surface area contributed by atoms with E-state index in [9.17, 15) is 0 Å². The molecule has 0 fully saturated rings. The summed E-state index contributed by atoms with van der Waals surface area (Å²) >= 11 is 0. The summed E-state index contributed by atoms with van der Waals surface area (Å²) in [4.78, 5) is 0. The normalized spacial score (nSPS) is 11.9. The summed E-state index contributed by atoms with van der Waals surface area (Å²) in [6.45, 7) is 4.17. The molecule has 0 unspecified atom stereocenters. The van der Waals surface area contributed by atoms with Crippen molar-refractivity contribution < 1.29 is 9.47 Å². The van der Waals surface area contributed by atoms with Gasteiger partial charge in [-0.3, -0.25) is 0 Å². The van der Waals surface area contributed by atoms with E-state index in [-0.39, 0.29) is 6.10 Å². The predicted molar refractivity (Wildman–Crippen MR) is 73.3 cm³/mol. The van der Waals surface area contributed by atoms with Crippen molar-refractivity contribution in [2.45, 2.75) is 26.4 Å². The minimum atomic E-state index is 0.242. The molecule has 0 amide bonds. The molecule has 2 rings (SSSR count). The fourth-order valence-corrected chi connectivity index (χ4v) is 1.53. The Hall–Kier alpha value is -1.96. The fraction of sp³-hybridized carbons (Fsp3) is 0.250. The maximum absolute atomic E-state index is 5.71. The van der Waals surface area contributed by atoms with Gasteiger partial charge in [0.05, 0.1) is 6.10 Å². The van der Waals surface area contributed by atoms with Gasteiger partial charge in [-0.1, -0.05) is 25.1 Å². The van der Waals surface area contributed by atoms with Crippen LogP contribution in [0.1, 0.15) is 20.3 Å². The first-order chi connectivity index (χ1) is 8.78. The van der Waals surface area contributed by atoms with Crippen LogP contribution in [0.5, 0.6) is 17.2 Å². The first-order valence-electron chi connectivity index (χ1n) is 6.27. The molecule has 0 aliphatic carbocycles. The van der Waals surface area contributed by atoms with Crippen LogP contribution >= 0.6 is 0 Å². The number of hydrogen-bond acceptors (Lipinski definition) is 2. The molecule has 2 aromatic rings. The lowest BCUT2D eigenvalue weighted by Crippen LogP contribution is -2.09. The van der Waals surface area contributed by atoms with Crippen LogP contribution in [0.2, 0.25) is 0 Å². The molecule has 0 spiro atoms. The third-order valence-electron chi connectivity index (χ3n) is 2.71. The smallest absolute Gasteiger partial charge is 0.127 e. The zero-order chi connectivity index (χ0) is 12.8. The summed E-state index contributed by atoms with van der Waals surface area (Å²) in [5.41, 5.74) is 0. The lowest BCUT2D eigenvalue weighted by molar-refractivity contribution is 0.217. The molecule has 0 heterocycles. The third kappa shape index (κ3) is 3.52.